The first-order chi connectivity index (χ1) is 11.2. The van der Waals surface area contributed by atoms with Crippen molar-refractivity contribution in [1.82, 2.24) is 10.2 Å². The van der Waals surface area contributed by atoms with Crippen LogP contribution in [0.25, 0.3) is 0 Å². The molecule has 1 N–H and O–H groups in total. The van der Waals surface area contributed by atoms with Crippen LogP contribution in [0.5, 0.6) is 0 Å². The standard InChI is InChI=1S/C19H23N3O/c1-21(15-16-7-3-2-4-8-16)14-12-20-19(23)22-13-11-17-9-5-6-10-18(17)22/h2-10H,11-15H2,1H3,(H,20,23). The Morgan fingerprint density at radius 1 is 1.13 bits per heavy atom. The summed E-state index contributed by atoms with van der Waals surface area (Å²) in [6.07, 6.45) is 0.942. The summed E-state index contributed by atoms with van der Waals surface area (Å²) in [7, 11) is 2.07. The highest BCUT2D eigenvalue weighted by Gasteiger charge is 2.23. The maximum atomic E-state index is 12.3. The van der Waals surface area contributed by atoms with Crippen molar-refractivity contribution in [2.75, 3.05) is 31.6 Å². The molecular formula is C19H23N3O. The number of nitrogens with zero attached hydrogens (tertiary/aromatic N) is 2. The number of nitrogens with one attached hydrogen (secondary N) is 1. The molecule has 3 rings (SSSR count). The number of carbonyl (C=O) groups excluding carboxylic acids is 1. The second-order valence-electron chi connectivity index (χ2n) is 5.99. The van der Waals surface area contributed by atoms with E-state index in [1.165, 1.54) is 11.1 Å². The number of fused-ring (bicyclic) bond motifs is 1. The number of hydrogen-bond acceptors (Lipinski definition) is 2. The number of hydrogen-bond donors (Lipinski definition) is 1. The van der Waals surface area contributed by atoms with Crippen molar-refractivity contribution in [3.05, 3.63) is 65.7 Å². The summed E-state index contributed by atoms with van der Waals surface area (Å²) in [5.41, 5.74) is 3.58. The minimum Gasteiger partial charge on any atom is -0.336 e. The predicted octanol–water partition coefficient (Wildman–Crippen LogP) is 2.89. The molecule has 0 fully saturated rings. The molecule has 0 bridgehead atoms. The Morgan fingerprint density at radius 2 is 1.87 bits per heavy atom. The van der Waals surface area contributed by atoms with Gasteiger partial charge in [-0.2, -0.15) is 0 Å². The molecule has 4 heteroatoms. The van der Waals surface area contributed by atoms with E-state index in [9.17, 15) is 4.79 Å². The van der Waals surface area contributed by atoms with E-state index in [4.69, 9.17) is 0 Å². The maximum absolute atomic E-state index is 12.3. The van der Waals surface area contributed by atoms with E-state index < -0.39 is 0 Å². The van der Waals surface area contributed by atoms with Crippen LogP contribution >= 0.6 is 0 Å². The highest BCUT2D eigenvalue weighted by Crippen LogP contribution is 2.27. The Hall–Kier alpha value is -2.33. The third-order valence-corrected chi connectivity index (χ3v) is 4.20. The van der Waals surface area contributed by atoms with Crippen LogP contribution in [0.15, 0.2) is 54.6 Å². The summed E-state index contributed by atoms with van der Waals surface area (Å²) in [5, 5.41) is 3.03. The monoisotopic (exact) mass is 309 g/mol. The van der Waals surface area contributed by atoms with E-state index in [2.05, 4.69) is 47.6 Å². The van der Waals surface area contributed by atoms with Gasteiger partial charge < -0.3 is 10.2 Å². The second-order valence-corrected chi connectivity index (χ2v) is 5.99. The van der Waals surface area contributed by atoms with Gasteiger partial charge in [-0.1, -0.05) is 48.5 Å². The fraction of sp³-hybridized carbons (Fsp3) is 0.316. The molecular weight excluding hydrogens is 286 g/mol. The fourth-order valence-electron chi connectivity index (χ4n) is 2.97. The zero-order valence-corrected chi connectivity index (χ0v) is 13.5. The van der Waals surface area contributed by atoms with E-state index in [0.717, 1.165) is 31.7 Å². The van der Waals surface area contributed by atoms with Crippen LogP contribution in [0.3, 0.4) is 0 Å². The van der Waals surface area contributed by atoms with Crippen LogP contribution in [0.4, 0.5) is 10.5 Å². The third-order valence-electron chi connectivity index (χ3n) is 4.20. The minimum absolute atomic E-state index is 0.00283. The number of amides is 2. The van der Waals surface area contributed by atoms with Crippen molar-refractivity contribution >= 4 is 11.7 Å². The molecule has 0 saturated carbocycles. The van der Waals surface area contributed by atoms with Gasteiger partial charge in [0, 0.05) is 31.9 Å². The summed E-state index contributed by atoms with van der Waals surface area (Å²) in [6.45, 7) is 3.14. The maximum Gasteiger partial charge on any atom is 0.321 e. The molecule has 2 amide bonds. The molecule has 0 unspecified atom stereocenters. The van der Waals surface area contributed by atoms with Crippen molar-refractivity contribution < 1.29 is 4.79 Å². The van der Waals surface area contributed by atoms with Gasteiger partial charge in [0.15, 0.2) is 0 Å². The number of carbonyl (C=O) groups is 1. The van der Waals surface area contributed by atoms with Gasteiger partial charge in [-0.05, 0) is 30.7 Å². The van der Waals surface area contributed by atoms with Gasteiger partial charge in [-0.15, -0.1) is 0 Å². The zero-order valence-electron chi connectivity index (χ0n) is 13.5. The van der Waals surface area contributed by atoms with E-state index in [1.54, 1.807) is 0 Å². The number of para-hydroxylation sites is 1. The Labute approximate surface area is 137 Å². The summed E-state index contributed by atoms with van der Waals surface area (Å²) < 4.78 is 0. The van der Waals surface area contributed by atoms with E-state index in [1.807, 2.05) is 29.2 Å². The molecule has 0 spiro atoms. The van der Waals surface area contributed by atoms with Crippen molar-refractivity contribution in [3.8, 4) is 0 Å². The quantitative estimate of drug-likeness (QED) is 0.922. The number of benzene rings is 2. The fourth-order valence-corrected chi connectivity index (χ4v) is 2.97. The summed E-state index contributed by atoms with van der Waals surface area (Å²) in [4.78, 5) is 16.4. The molecule has 2 aromatic rings. The molecule has 0 aliphatic carbocycles. The van der Waals surface area contributed by atoms with Gasteiger partial charge in [0.25, 0.3) is 0 Å². The smallest absolute Gasteiger partial charge is 0.321 e. The molecule has 23 heavy (non-hydrogen) atoms. The lowest BCUT2D eigenvalue weighted by Gasteiger charge is -2.20. The van der Waals surface area contributed by atoms with Crippen LogP contribution in [0.2, 0.25) is 0 Å². The van der Waals surface area contributed by atoms with Crippen LogP contribution in [0.1, 0.15) is 11.1 Å². The molecule has 0 atom stereocenters. The van der Waals surface area contributed by atoms with Gasteiger partial charge in [-0.3, -0.25) is 4.90 Å². The molecule has 4 nitrogen and oxygen atoms in total. The third kappa shape index (κ3) is 3.90. The van der Waals surface area contributed by atoms with Gasteiger partial charge in [0.1, 0.15) is 0 Å². The Morgan fingerprint density at radius 3 is 2.70 bits per heavy atom. The van der Waals surface area contributed by atoms with Crippen molar-refractivity contribution in [2.24, 2.45) is 0 Å². The molecule has 0 saturated heterocycles. The Bertz CT molecular complexity index is 657. The van der Waals surface area contributed by atoms with Crippen LogP contribution in [-0.2, 0) is 13.0 Å². The summed E-state index contributed by atoms with van der Waals surface area (Å²) in [5.74, 6) is 0. The Balaban J connectivity index is 1.45. The lowest BCUT2D eigenvalue weighted by molar-refractivity contribution is 0.244. The van der Waals surface area contributed by atoms with Crippen molar-refractivity contribution in [2.45, 2.75) is 13.0 Å². The largest absolute Gasteiger partial charge is 0.336 e. The topological polar surface area (TPSA) is 35.6 Å². The van der Waals surface area contributed by atoms with Crippen LogP contribution < -0.4 is 10.2 Å². The zero-order chi connectivity index (χ0) is 16.1. The second kappa shape index (κ2) is 7.29. The van der Waals surface area contributed by atoms with Crippen LogP contribution in [-0.4, -0.2) is 37.6 Å². The number of rotatable bonds is 5. The van der Waals surface area contributed by atoms with E-state index >= 15 is 0 Å². The summed E-state index contributed by atoms with van der Waals surface area (Å²) in [6, 6.07) is 18.5. The average Bonchev–Trinajstić information content (AvgIpc) is 3.00. The average molecular weight is 309 g/mol. The molecule has 120 valence electrons. The van der Waals surface area contributed by atoms with Gasteiger partial charge >= 0.3 is 6.03 Å². The first kappa shape index (κ1) is 15.6. The normalized spacial score (nSPS) is 13.2. The number of urea groups is 1. The molecule has 1 aliphatic rings. The molecule has 0 radical (unpaired) electrons. The van der Waals surface area contributed by atoms with Gasteiger partial charge in [-0.25, -0.2) is 4.79 Å². The highest BCUT2D eigenvalue weighted by atomic mass is 16.2. The lowest BCUT2D eigenvalue weighted by atomic mass is 10.2. The minimum atomic E-state index is 0.00283. The highest BCUT2D eigenvalue weighted by molar-refractivity contribution is 5.94. The number of likely N-dealkylation sites (N-methyl/N-ethyl adjacent to an activating group) is 1. The van der Waals surface area contributed by atoms with Crippen molar-refractivity contribution in [1.29, 1.82) is 0 Å². The molecule has 1 aliphatic heterocycles. The van der Waals surface area contributed by atoms with Gasteiger partial charge in [0.2, 0.25) is 0 Å². The molecule has 2 aromatic carbocycles. The lowest BCUT2D eigenvalue weighted by Crippen LogP contribution is -2.41. The first-order valence-corrected chi connectivity index (χ1v) is 8.10. The number of anilines is 1. The molecule has 1 heterocycles. The van der Waals surface area contributed by atoms with E-state index in [-0.39, 0.29) is 6.03 Å². The van der Waals surface area contributed by atoms with Crippen molar-refractivity contribution in [3.63, 3.8) is 0 Å². The summed E-state index contributed by atoms with van der Waals surface area (Å²) >= 11 is 0. The van der Waals surface area contributed by atoms with E-state index in [0.29, 0.717) is 6.54 Å². The predicted molar refractivity (Wildman–Crippen MR) is 93.7 cm³/mol. The SMILES string of the molecule is CN(CCNC(=O)N1CCc2ccccc21)Cc1ccccc1. The first-order valence-electron chi connectivity index (χ1n) is 8.10. The Kier molecular flexibility index (Phi) is 4.93. The van der Waals surface area contributed by atoms with Crippen LogP contribution in [0, 0.1) is 0 Å². The molecule has 0 aromatic heterocycles. The van der Waals surface area contributed by atoms with Gasteiger partial charge in [0.05, 0.1) is 0 Å².